The SMILES string of the molecule is CCc1ccc2[nH]c(C)c(C[NH+]3CC[NH+](Cc4ccccc4)CC3)c(=O)c2c1. The number of H-pyrrole nitrogens is 1. The Morgan fingerprint density at radius 2 is 1.57 bits per heavy atom. The molecule has 0 radical (unpaired) electrons. The maximum Gasteiger partial charge on any atom is 0.198 e. The van der Waals surface area contributed by atoms with Crippen molar-refractivity contribution in [3.05, 3.63) is 81.1 Å². The molecule has 1 aliphatic heterocycles. The van der Waals surface area contributed by atoms with E-state index in [-0.39, 0.29) is 5.43 Å². The lowest BCUT2D eigenvalue weighted by atomic mass is 10.0. The number of aromatic amines is 1. The van der Waals surface area contributed by atoms with Crippen LogP contribution in [0.2, 0.25) is 0 Å². The lowest BCUT2D eigenvalue weighted by Gasteiger charge is -2.30. The van der Waals surface area contributed by atoms with Crippen molar-refractivity contribution in [1.29, 1.82) is 0 Å². The minimum atomic E-state index is 0.216. The van der Waals surface area contributed by atoms with Crippen LogP contribution in [0.15, 0.2) is 53.3 Å². The van der Waals surface area contributed by atoms with E-state index in [2.05, 4.69) is 54.4 Å². The summed E-state index contributed by atoms with van der Waals surface area (Å²) in [6.45, 7) is 10.7. The number of aromatic nitrogens is 1. The van der Waals surface area contributed by atoms with Crippen molar-refractivity contribution in [1.82, 2.24) is 4.98 Å². The van der Waals surface area contributed by atoms with Crippen LogP contribution in [-0.2, 0) is 19.5 Å². The quantitative estimate of drug-likeness (QED) is 0.607. The molecular formula is C24H31N3O+2. The number of hydrogen-bond donors (Lipinski definition) is 3. The van der Waals surface area contributed by atoms with E-state index in [1.54, 1.807) is 4.90 Å². The summed E-state index contributed by atoms with van der Waals surface area (Å²) in [4.78, 5) is 19.8. The second-order valence-corrected chi connectivity index (χ2v) is 8.13. The summed E-state index contributed by atoms with van der Waals surface area (Å²) in [5.74, 6) is 0. The maximum absolute atomic E-state index is 13.2. The maximum atomic E-state index is 13.2. The van der Waals surface area contributed by atoms with Gasteiger partial charge in [-0.15, -0.1) is 0 Å². The Bertz CT molecular complexity index is 1000. The van der Waals surface area contributed by atoms with Gasteiger partial charge in [0, 0.05) is 22.2 Å². The molecule has 0 unspecified atom stereocenters. The molecule has 1 fully saturated rings. The number of aryl methyl sites for hydroxylation is 2. The van der Waals surface area contributed by atoms with Crippen LogP contribution in [0.4, 0.5) is 0 Å². The number of benzene rings is 2. The van der Waals surface area contributed by atoms with E-state index in [0.717, 1.165) is 67.8 Å². The van der Waals surface area contributed by atoms with E-state index in [1.807, 2.05) is 13.0 Å². The summed E-state index contributed by atoms with van der Waals surface area (Å²) in [5.41, 5.74) is 5.78. The molecule has 3 aromatic rings. The predicted octanol–water partition coefficient (Wildman–Crippen LogP) is 0.883. The van der Waals surface area contributed by atoms with Gasteiger partial charge >= 0.3 is 0 Å². The minimum Gasteiger partial charge on any atom is -0.358 e. The highest BCUT2D eigenvalue weighted by atomic mass is 16.1. The Hall–Kier alpha value is -2.43. The van der Waals surface area contributed by atoms with Crippen LogP contribution < -0.4 is 15.2 Å². The van der Waals surface area contributed by atoms with Crippen LogP contribution in [-0.4, -0.2) is 31.2 Å². The number of hydrogen-bond acceptors (Lipinski definition) is 1. The number of piperazine rings is 1. The van der Waals surface area contributed by atoms with E-state index >= 15 is 0 Å². The molecule has 146 valence electrons. The van der Waals surface area contributed by atoms with Gasteiger partial charge in [-0.2, -0.15) is 0 Å². The van der Waals surface area contributed by atoms with E-state index in [1.165, 1.54) is 16.0 Å². The van der Waals surface area contributed by atoms with E-state index in [0.29, 0.717) is 0 Å². The third-order valence-corrected chi connectivity index (χ3v) is 6.17. The molecule has 1 aliphatic rings. The van der Waals surface area contributed by atoms with Gasteiger partial charge in [0.2, 0.25) is 0 Å². The summed E-state index contributed by atoms with van der Waals surface area (Å²) < 4.78 is 0. The summed E-state index contributed by atoms with van der Waals surface area (Å²) in [5, 5.41) is 0.840. The topological polar surface area (TPSA) is 41.7 Å². The van der Waals surface area contributed by atoms with Gasteiger partial charge in [-0.3, -0.25) is 4.79 Å². The third-order valence-electron chi connectivity index (χ3n) is 6.17. The lowest BCUT2D eigenvalue weighted by molar-refractivity contribution is -1.02. The van der Waals surface area contributed by atoms with E-state index < -0.39 is 0 Å². The number of fused-ring (bicyclic) bond motifs is 1. The Morgan fingerprint density at radius 1 is 0.893 bits per heavy atom. The zero-order chi connectivity index (χ0) is 19.5. The fourth-order valence-electron chi connectivity index (χ4n) is 4.38. The van der Waals surface area contributed by atoms with Gasteiger partial charge in [-0.1, -0.05) is 43.3 Å². The molecule has 4 rings (SSSR count). The summed E-state index contributed by atoms with van der Waals surface area (Å²) in [6.07, 6.45) is 0.954. The van der Waals surface area contributed by atoms with E-state index in [9.17, 15) is 4.79 Å². The average Bonchev–Trinajstić information content (AvgIpc) is 2.73. The third kappa shape index (κ3) is 4.03. The molecule has 0 amide bonds. The van der Waals surface area contributed by atoms with Crippen molar-refractivity contribution in [2.24, 2.45) is 0 Å². The number of rotatable bonds is 5. The Labute approximate surface area is 166 Å². The first kappa shape index (κ1) is 18.9. The van der Waals surface area contributed by atoms with Crippen molar-refractivity contribution in [3.63, 3.8) is 0 Å². The Morgan fingerprint density at radius 3 is 2.25 bits per heavy atom. The minimum absolute atomic E-state index is 0.216. The van der Waals surface area contributed by atoms with Crippen LogP contribution in [0.3, 0.4) is 0 Å². The van der Waals surface area contributed by atoms with Gasteiger partial charge in [0.05, 0.1) is 5.56 Å². The zero-order valence-electron chi connectivity index (χ0n) is 17.0. The van der Waals surface area contributed by atoms with Gasteiger partial charge in [0.1, 0.15) is 39.3 Å². The molecule has 3 N–H and O–H groups in total. The predicted molar refractivity (Wildman–Crippen MR) is 114 cm³/mol. The van der Waals surface area contributed by atoms with Gasteiger partial charge in [0.25, 0.3) is 0 Å². The molecule has 0 bridgehead atoms. The molecule has 2 heterocycles. The molecule has 0 saturated carbocycles. The fraction of sp³-hybridized carbons (Fsp3) is 0.375. The molecule has 1 saturated heterocycles. The summed E-state index contributed by atoms with van der Waals surface area (Å²) >= 11 is 0. The standard InChI is InChI=1S/C24H29N3O/c1-3-19-9-10-23-21(15-19)24(28)22(18(2)25-23)17-27-13-11-26(12-14-27)16-20-7-5-4-6-8-20/h4-10,15H,3,11-14,16-17H2,1-2H3,(H,25,28)/p+2. The summed E-state index contributed by atoms with van der Waals surface area (Å²) in [7, 11) is 0. The monoisotopic (exact) mass is 377 g/mol. The number of quaternary nitrogens is 2. The molecule has 1 aromatic heterocycles. The fourth-order valence-corrected chi connectivity index (χ4v) is 4.38. The van der Waals surface area contributed by atoms with Crippen molar-refractivity contribution < 1.29 is 9.80 Å². The highest BCUT2D eigenvalue weighted by Crippen LogP contribution is 2.13. The zero-order valence-corrected chi connectivity index (χ0v) is 17.0. The Kier molecular flexibility index (Phi) is 5.60. The molecule has 28 heavy (non-hydrogen) atoms. The average molecular weight is 378 g/mol. The van der Waals surface area contributed by atoms with Crippen molar-refractivity contribution in [2.45, 2.75) is 33.4 Å². The largest absolute Gasteiger partial charge is 0.358 e. The first-order chi connectivity index (χ1) is 13.6. The number of nitrogens with one attached hydrogen (secondary N) is 3. The van der Waals surface area contributed by atoms with Gasteiger partial charge in [-0.25, -0.2) is 0 Å². The molecule has 0 spiro atoms. The molecule has 0 aliphatic carbocycles. The normalized spacial score (nSPS) is 19.8. The van der Waals surface area contributed by atoms with Crippen LogP contribution in [0, 0.1) is 6.92 Å². The molecule has 4 nitrogen and oxygen atoms in total. The van der Waals surface area contributed by atoms with Crippen molar-refractivity contribution in [2.75, 3.05) is 26.2 Å². The van der Waals surface area contributed by atoms with Crippen LogP contribution >= 0.6 is 0 Å². The van der Waals surface area contributed by atoms with Crippen molar-refractivity contribution in [3.8, 4) is 0 Å². The van der Waals surface area contributed by atoms with Crippen LogP contribution in [0.1, 0.15) is 29.3 Å². The smallest absolute Gasteiger partial charge is 0.198 e. The Balaban J connectivity index is 1.46. The first-order valence-electron chi connectivity index (χ1n) is 10.5. The van der Waals surface area contributed by atoms with Gasteiger partial charge < -0.3 is 14.8 Å². The molecule has 2 aromatic carbocycles. The highest BCUT2D eigenvalue weighted by Gasteiger charge is 2.25. The van der Waals surface area contributed by atoms with Gasteiger partial charge in [-0.05, 0) is 31.0 Å². The lowest BCUT2D eigenvalue weighted by Crippen LogP contribution is -3.27. The second kappa shape index (κ2) is 8.29. The molecule has 0 atom stereocenters. The second-order valence-electron chi connectivity index (χ2n) is 8.13. The van der Waals surface area contributed by atoms with E-state index in [4.69, 9.17) is 0 Å². The molecule has 4 heteroatoms. The number of pyridine rings is 1. The molecular weight excluding hydrogens is 346 g/mol. The first-order valence-corrected chi connectivity index (χ1v) is 10.5. The van der Waals surface area contributed by atoms with Crippen LogP contribution in [0.25, 0.3) is 10.9 Å². The summed E-state index contributed by atoms with van der Waals surface area (Å²) in [6, 6.07) is 17.0. The highest BCUT2D eigenvalue weighted by molar-refractivity contribution is 5.80. The van der Waals surface area contributed by atoms with Gasteiger partial charge in [0.15, 0.2) is 5.43 Å². The van der Waals surface area contributed by atoms with Crippen LogP contribution in [0.5, 0.6) is 0 Å². The van der Waals surface area contributed by atoms with Crippen molar-refractivity contribution >= 4 is 10.9 Å².